The van der Waals surface area contributed by atoms with Gasteiger partial charge in [0.2, 0.25) is 11.8 Å². The number of ether oxygens (including phenoxy) is 1. The standard InChI is InChI=1S/C27H35N5O6/c1-16(2)13-20(28)25(33)32(27(36)31-9-11-37-12-10-31)22(24-29-23(26(34)35)17(3)38-24)14-18-15-30(4)21-8-6-5-7-19(18)21/h5-8,15-16,20,22H,9-14,28H2,1-4H3,(H,34,35)/t20?,22-/m1/s1. The molecule has 3 amide bonds. The molecule has 3 heterocycles. The van der Waals surface area contributed by atoms with Crippen LogP contribution in [0.15, 0.2) is 34.9 Å². The Balaban J connectivity index is 1.85. The van der Waals surface area contributed by atoms with Crippen molar-refractivity contribution in [2.75, 3.05) is 26.3 Å². The van der Waals surface area contributed by atoms with Gasteiger partial charge in [0.1, 0.15) is 11.8 Å². The van der Waals surface area contributed by atoms with Gasteiger partial charge in [-0.25, -0.2) is 19.5 Å². The molecule has 0 spiro atoms. The summed E-state index contributed by atoms with van der Waals surface area (Å²) in [5.41, 5.74) is 7.90. The highest BCUT2D eigenvalue weighted by Gasteiger charge is 2.40. The van der Waals surface area contributed by atoms with E-state index in [1.807, 2.05) is 55.9 Å². The molecule has 11 nitrogen and oxygen atoms in total. The van der Waals surface area contributed by atoms with Crippen LogP contribution in [0.25, 0.3) is 10.9 Å². The van der Waals surface area contributed by atoms with E-state index in [9.17, 15) is 19.5 Å². The third-order valence-corrected chi connectivity index (χ3v) is 6.77. The summed E-state index contributed by atoms with van der Waals surface area (Å²) >= 11 is 0. The van der Waals surface area contributed by atoms with E-state index in [4.69, 9.17) is 14.9 Å². The molecule has 1 unspecified atom stereocenters. The molecule has 2 atom stereocenters. The molecule has 0 bridgehead atoms. The molecule has 3 aromatic rings. The predicted molar refractivity (Wildman–Crippen MR) is 140 cm³/mol. The summed E-state index contributed by atoms with van der Waals surface area (Å²) in [7, 11) is 1.92. The lowest BCUT2D eigenvalue weighted by Crippen LogP contribution is -2.55. The summed E-state index contributed by atoms with van der Waals surface area (Å²) in [6, 6.07) is 5.30. The quantitative estimate of drug-likeness (QED) is 0.456. The van der Waals surface area contributed by atoms with E-state index in [-0.39, 0.29) is 29.7 Å². The number of aromatic nitrogens is 2. The van der Waals surface area contributed by atoms with Gasteiger partial charge in [0.15, 0.2) is 5.69 Å². The summed E-state index contributed by atoms with van der Waals surface area (Å²) in [4.78, 5) is 46.6. The highest BCUT2D eigenvalue weighted by molar-refractivity contribution is 5.97. The zero-order valence-electron chi connectivity index (χ0n) is 22.2. The van der Waals surface area contributed by atoms with Crippen molar-refractivity contribution in [3.63, 3.8) is 0 Å². The number of aryl methyl sites for hydroxylation is 2. The number of carboxylic acid groups (broad SMARTS) is 1. The molecule has 11 heteroatoms. The number of para-hydroxylation sites is 1. The first kappa shape index (κ1) is 27.3. The molecule has 38 heavy (non-hydrogen) atoms. The van der Waals surface area contributed by atoms with Crippen LogP contribution in [-0.2, 0) is 23.0 Å². The summed E-state index contributed by atoms with van der Waals surface area (Å²) in [6.45, 7) is 6.72. The largest absolute Gasteiger partial charge is 0.476 e. The van der Waals surface area contributed by atoms with Crippen molar-refractivity contribution in [2.45, 2.75) is 45.7 Å². The number of urea groups is 1. The number of hydrogen-bond donors (Lipinski definition) is 2. The second-order valence-corrected chi connectivity index (χ2v) is 10.1. The number of rotatable bonds is 8. The monoisotopic (exact) mass is 525 g/mol. The van der Waals surface area contributed by atoms with Gasteiger partial charge in [0.05, 0.1) is 19.3 Å². The fourth-order valence-corrected chi connectivity index (χ4v) is 4.92. The predicted octanol–water partition coefficient (Wildman–Crippen LogP) is 3.11. The van der Waals surface area contributed by atoms with Crippen LogP contribution in [0.5, 0.6) is 0 Å². The number of aromatic carboxylic acids is 1. The molecule has 1 fully saturated rings. The van der Waals surface area contributed by atoms with Gasteiger partial charge in [-0.1, -0.05) is 32.0 Å². The van der Waals surface area contributed by atoms with Crippen LogP contribution >= 0.6 is 0 Å². The number of nitrogens with two attached hydrogens (primary N) is 1. The molecule has 204 valence electrons. The van der Waals surface area contributed by atoms with Crippen molar-refractivity contribution in [2.24, 2.45) is 18.7 Å². The maximum Gasteiger partial charge on any atom is 0.358 e. The average molecular weight is 526 g/mol. The minimum absolute atomic E-state index is 0.0282. The Morgan fingerprint density at radius 1 is 1.18 bits per heavy atom. The number of carbonyl (C=O) groups is 3. The second kappa shape index (κ2) is 11.4. The van der Waals surface area contributed by atoms with Crippen LogP contribution < -0.4 is 5.73 Å². The SMILES string of the molecule is Cc1oc([C@@H](Cc2cn(C)c3ccccc23)N(C(=O)C(N)CC(C)C)C(=O)N2CCOCC2)nc1C(=O)O. The van der Waals surface area contributed by atoms with Crippen molar-refractivity contribution in [1.82, 2.24) is 19.4 Å². The molecule has 0 radical (unpaired) electrons. The fraction of sp³-hybridized carbons (Fsp3) is 0.481. The summed E-state index contributed by atoms with van der Waals surface area (Å²) < 4.78 is 13.2. The van der Waals surface area contributed by atoms with E-state index in [1.165, 1.54) is 6.92 Å². The van der Waals surface area contributed by atoms with E-state index in [2.05, 4.69) is 4.98 Å². The van der Waals surface area contributed by atoms with Crippen LogP contribution in [0, 0.1) is 12.8 Å². The van der Waals surface area contributed by atoms with Crippen molar-refractivity contribution < 1.29 is 28.6 Å². The highest BCUT2D eigenvalue weighted by atomic mass is 16.5. The van der Waals surface area contributed by atoms with Crippen LogP contribution in [0.3, 0.4) is 0 Å². The lowest BCUT2D eigenvalue weighted by atomic mass is 10.00. The molecule has 1 saturated heterocycles. The van der Waals surface area contributed by atoms with Gasteiger partial charge in [-0.3, -0.25) is 4.79 Å². The number of morpholine rings is 1. The van der Waals surface area contributed by atoms with Gasteiger partial charge in [0, 0.05) is 43.7 Å². The van der Waals surface area contributed by atoms with Crippen LogP contribution in [0.1, 0.15) is 54.0 Å². The van der Waals surface area contributed by atoms with Crippen molar-refractivity contribution >= 4 is 28.8 Å². The first-order valence-corrected chi connectivity index (χ1v) is 12.8. The number of carbonyl (C=O) groups excluding carboxylic acids is 2. The van der Waals surface area contributed by atoms with Gasteiger partial charge < -0.3 is 29.5 Å². The number of benzene rings is 1. The normalized spacial score (nSPS) is 15.6. The Morgan fingerprint density at radius 2 is 1.87 bits per heavy atom. The average Bonchev–Trinajstić information content (AvgIpc) is 3.43. The van der Waals surface area contributed by atoms with E-state index in [1.54, 1.807) is 4.90 Å². The van der Waals surface area contributed by atoms with Crippen LogP contribution in [-0.4, -0.2) is 74.7 Å². The molecule has 1 aliphatic rings. The zero-order valence-corrected chi connectivity index (χ0v) is 22.2. The molecule has 0 aliphatic carbocycles. The molecular formula is C27H35N5O6. The van der Waals surface area contributed by atoms with Crippen molar-refractivity contribution in [3.05, 3.63) is 53.4 Å². The van der Waals surface area contributed by atoms with E-state index in [0.717, 1.165) is 21.4 Å². The molecular weight excluding hydrogens is 490 g/mol. The summed E-state index contributed by atoms with van der Waals surface area (Å²) in [5, 5.41) is 10.6. The van der Waals surface area contributed by atoms with E-state index >= 15 is 0 Å². The molecule has 3 N–H and O–H groups in total. The Kier molecular flexibility index (Phi) is 8.17. The molecule has 2 aromatic heterocycles. The smallest absolute Gasteiger partial charge is 0.358 e. The van der Waals surface area contributed by atoms with Crippen LogP contribution in [0.4, 0.5) is 4.79 Å². The third-order valence-electron chi connectivity index (χ3n) is 6.77. The van der Waals surface area contributed by atoms with Crippen LogP contribution in [0.2, 0.25) is 0 Å². The van der Waals surface area contributed by atoms with Gasteiger partial charge in [0.25, 0.3) is 0 Å². The van der Waals surface area contributed by atoms with Crippen molar-refractivity contribution in [1.29, 1.82) is 0 Å². The number of nitrogens with zero attached hydrogens (tertiary/aromatic N) is 4. The number of carboxylic acids is 1. The highest BCUT2D eigenvalue weighted by Crippen LogP contribution is 2.32. The lowest BCUT2D eigenvalue weighted by molar-refractivity contribution is -0.133. The maximum absolute atomic E-state index is 14.0. The number of amides is 3. The summed E-state index contributed by atoms with van der Waals surface area (Å²) in [5.74, 6) is -1.63. The third kappa shape index (κ3) is 5.58. The van der Waals surface area contributed by atoms with Gasteiger partial charge >= 0.3 is 12.0 Å². The summed E-state index contributed by atoms with van der Waals surface area (Å²) in [6.07, 6.45) is 2.47. The fourth-order valence-electron chi connectivity index (χ4n) is 4.92. The first-order valence-electron chi connectivity index (χ1n) is 12.8. The Morgan fingerprint density at radius 3 is 2.50 bits per heavy atom. The molecule has 1 aliphatic heterocycles. The maximum atomic E-state index is 14.0. The van der Waals surface area contributed by atoms with Gasteiger partial charge in [-0.2, -0.15) is 0 Å². The number of oxazole rings is 1. The number of hydrogen-bond acceptors (Lipinski definition) is 7. The Hall–Kier alpha value is -3.70. The second-order valence-electron chi connectivity index (χ2n) is 10.1. The van der Waals surface area contributed by atoms with Crippen molar-refractivity contribution in [3.8, 4) is 0 Å². The topological polar surface area (TPSA) is 144 Å². The Bertz CT molecular complexity index is 1320. The minimum Gasteiger partial charge on any atom is -0.476 e. The Labute approximate surface area is 221 Å². The lowest BCUT2D eigenvalue weighted by Gasteiger charge is -2.36. The first-order chi connectivity index (χ1) is 18.1. The minimum atomic E-state index is -1.25. The molecule has 0 saturated carbocycles. The molecule has 1 aromatic carbocycles. The number of imide groups is 1. The van der Waals surface area contributed by atoms with E-state index < -0.39 is 30.0 Å². The molecule has 4 rings (SSSR count). The van der Waals surface area contributed by atoms with E-state index in [0.29, 0.717) is 32.7 Å². The van der Waals surface area contributed by atoms with Gasteiger partial charge in [-0.05, 0) is 30.9 Å². The number of fused-ring (bicyclic) bond motifs is 1. The van der Waals surface area contributed by atoms with Gasteiger partial charge in [-0.15, -0.1) is 0 Å². The zero-order chi connectivity index (χ0) is 27.6.